The standard InChI is InChI=1S/C14H16F2N4O/c1-19(11-5-3-4-9(6-11)14(17)21)7-10-8-20(2)18-12(10)13(15)16/h3-6,8,13H,7H2,1-2H3,(H2,17,21). The molecule has 0 aliphatic rings. The second kappa shape index (κ2) is 5.90. The third kappa shape index (κ3) is 3.36. The number of primary amides is 1. The van der Waals surface area contributed by atoms with Gasteiger partial charge in [-0.25, -0.2) is 8.78 Å². The van der Waals surface area contributed by atoms with Crippen LogP contribution in [-0.2, 0) is 13.6 Å². The number of rotatable bonds is 5. The molecule has 1 heterocycles. The van der Waals surface area contributed by atoms with Crippen molar-refractivity contribution in [1.29, 1.82) is 0 Å². The Morgan fingerprint density at radius 3 is 2.81 bits per heavy atom. The van der Waals surface area contributed by atoms with Crippen molar-refractivity contribution in [3.63, 3.8) is 0 Å². The predicted octanol–water partition coefficient (Wildman–Crippen LogP) is 2.09. The highest BCUT2D eigenvalue weighted by atomic mass is 19.3. The molecule has 112 valence electrons. The lowest BCUT2D eigenvalue weighted by molar-refractivity contribution is 0.1000. The highest BCUT2D eigenvalue weighted by Crippen LogP contribution is 2.24. The van der Waals surface area contributed by atoms with Gasteiger partial charge < -0.3 is 10.6 Å². The first kappa shape index (κ1) is 15.0. The normalized spacial score (nSPS) is 10.9. The van der Waals surface area contributed by atoms with Crippen LogP contribution in [0.3, 0.4) is 0 Å². The van der Waals surface area contributed by atoms with Crippen LogP contribution in [0, 0.1) is 0 Å². The Morgan fingerprint density at radius 2 is 2.19 bits per heavy atom. The van der Waals surface area contributed by atoms with E-state index < -0.39 is 12.3 Å². The van der Waals surface area contributed by atoms with Crippen LogP contribution < -0.4 is 10.6 Å². The van der Waals surface area contributed by atoms with Gasteiger partial charge in [-0.05, 0) is 18.2 Å². The summed E-state index contributed by atoms with van der Waals surface area (Å²) in [7, 11) is 3.35. The number of hydrogen-bond acceptors (Lipinski definition) is 3. The molecule has 0 fully saturated rings. The molecule has 2 N–H and O–H groups in total. The van der Waals surface area contributed by atoms with Crippen molar-refractivity contribution in [2.75, 3.05) is 11.9 Å². The summed E-state index contributed by atoms with van der Waals surface area (Å²) in [5, 5.41) is 3.77. The van der Waals surface area contributed by atoms with Crippen molar-refractivity contribution in [3.8, 4) is 0 Å². The molecule has 0 atom stereocenters. The Morgan fingerprint density at radius 1 is 1.48 bits per heavy atom. The zero-order chi connectivity index (χ0) is 15.6. The van der Waals surface area contributed by atoms with E-state index in [-0.39, 0.29) is 12.2 Å². The number of aromatic nitrogens is 2. The largest absolute Gasteiger partial charge is 0.370 e. The van der Waals surface area contributed by atoms with Crippen molar-refractivity contribution in [2.45, 2.75) is 13.0 Å². The molecular weight excluding hydrogens is 278 g/mol. The minimum absolute atomic E-state index is 0.226. The highest BCUT2D eigenvalue weighted by Gasteiger charge is 2.18. The molecule has 21 heavy (non-hydrogen) atoms. The van der Waals surface area contributed by atoms with E-state index in [9.17, 15) is 13.6 Å². The Labute approximate surface area is 121 Å². The number of carbonyl (C=O) groups is 1. The molecule has 0 aliphatic carbocycles. The fourth-order valence-corrected chi connectivity index (χ4v) is 2.10. The first-order chi connectivity index (χ1) is 9.88. The summed E-state index contributed by atoms with van der Waals surface area (Å²) in [5.74, 6) is -0.528. The van der Waals surface area contributed by atoms with Crippen molar-refractivity contribution >= 4 is 11.6 Å². The molecule has 0 spiro atoms. The predicted molar refractivity (Wildman–Crippen MR) is 75.2 cm³/mol. The molecule has 0 aliphatic heterocycles. The molecule has 5 nitrogen and oxygen atoms in total. The molecule has 2 aromatic rings. The molecule has 2 rings (SSSR count). The second-order valence-corrected chi connectivity index (χ2v) is 4.78. The highest BCUT2D eigenvalue weighted by molar-refractivity contribution is 5.93. The summed E-state index contributed by atoms with van der Waals surface area (Å²) < 4.78 is 27.2. The topological polar surface area (TPSA) is 64.2 Å². The second-order valence-electron chi connectivity index (χ2n) is 4.78. The van der Waals surface area contributed by atoms with Crippen LogP contribution in [0.15, 0.2) is 30.5 Å². The van der Waals surface area contributed by atoms with Crippen LogP contribution in [0.5, 0.6) is 0 Å². The van der Waals surface area contributed by atoms with Crippen LogP contribution in [0.25, 0.3) is 0 Å². The summed E-state index contributed by atoms with van der Waals surface area (Å²) in [5.41, 5.74) is 6.54. The van der Waals surface area contributed by atoms with Crippen molar-refractivity contribution in [3.05, 3.63) is 47.3 Å². The maximum atomic E-state index is 12.9. The first-order valence-electron chi connectivity index (χ1n) is 6.30. The molecular formula is C14H16F2N4O. The zero-order valence-corrected chi connectivity index (χ0v) is 11.8. The fraction of sp³-hybridized carbons (Fsp3) is 0.286. The van der Waals surface area contributed by atoms with Crippen molar-refractivity contribution in [2.24, 2.45) is 12.8 Å². The number of anilines is 1. The smallest absolute Gasteiger partial charge is 0.282 e. The van der Waals surface area contributed by atoms with Gasteiger partial charge in [-0.2, -0.15) is 5.10 Å². The lowest BCUT2D eigenvalue weighted by Gasteiger charge is -2.19. The number of amides is 1. The Bertz CT molecular complexity index is 654. The number of halogens is 2. The quantitative estimate of drug-likeness (QED) is 0.918. The van der Waals surface area contributed by atoms with Gasteiger partial charge in [0.25, 0.3) is 6.43 Å². The van der Waals surface area contributed by atoms with Gasteiger partial charge in [0.05, 0.1) is 0 Å². The Kier molecular flexibility index (Phi) is 4.21. The molecule has 1 amide bonds. The number of aryl methyl sites for hydroxylation is 1. The van der Waals surface area contributed by atoms with Crippen molar-refractivity contribution < 1.29 is 13.6 Å². The van der Waals surface area contributed by atoms with Crippen LogP contribution in [-0.4, -0.2) is 22.7 Å². The molecule has 7 heteroatoms. The maximum Gasteiger partial charge on any atom is 0.282 e. The number of nitrogens with zero attached hydrogens (tertiary/aromatic N) is 3. The zero-order valence-electron chi connectivity index (χ0n) is 11.8. The number of nitrogens with two attached hydrogens (primary N) is 1. The number of alkyl halides is 2. The van der Waals surface area contributed by atoms with Crippen LogP contribution >= 0.6 is 0 Å². The van der Waals surface area contributed by atoms with E-state index in [1.54, 1.807) is 49.5 Å². The number of benzene rings is 1. The molecule has 0 saturated heterocycles. The molecule has 1 aromatic heterocycles. The van der Waals surface area contributed by atoms with E-state index >= 15 is 0 Å². The molecule has 0 bridgehead atoms. The van der Waals surface area contributed by atoms with Crippen LogP contribution in [0.1, 0.15) is 28.0 Å². The van der Waals surface area contributed by atoms with E-state index in [1.165, 1.54) is 4.68 Å². The summed E-state index contributed by atoms with van der Waals surface area (Å²) in [6.45, 7) is 0.260. The average Bonchev–Trinajstić information content (AvgIpc) is 2.80. The number of hydrogen-bond donors (Lipinski definition) is 1. The third-order valence-electron chi connectivity index (χ3n) is 3.12. The first-order valence-corrected chi connectivity index (χ1v) is 6.30. The minimum atomic E-state index is -2.62. The minimum Gasteiger partial charge on any atom is -0.370 e. The van der Waals surface area contributed by atoms with Gasteiger partial charge in [0, 0.05) is 43.7 Å². The molecule has 1 aromatic carbocycles. The van der Waals surface area contributed by atoms with Gasteiger partial charge in [0.1, 0.15) is 5.69 Å². The molecule has 0 unspecified atom stereocenters. The van der Waals surface area contributed by atoms with Gasteiger partial charge >= 0.3 is 0 Å². The summed E-state index contributed by atoms with van der Waals surface area (Å²) in [6.07, 6.45) is -1.05. The van der Waals surface area contributed by atoms with Crippen LogP contribution in [0.2, 0.25) is 0 Å². The van der Waals surface area contributed by atoms with E-state index in [4.69, 9.17) is 5.73 Å². The van der Waals surface area contributed by atoms with E-state index in [0.717, 1.165) is 5.69 Å². The van der Waals surface area contributed by atoms with E-state index in [2.05, 4.69) is 5.10 Å². The van der Waals surface area contributed by atoms with Gasteiger partial charge in [-0.3, -0.25) is 9.48 Å². The average molecular weight is 294 g/mol. The Balaban J connectivity index is 2.24. The Hall–Kier alpha value is -2.44. The molecule has 0 radical (unpaired) electrons. The van der Waals surface area contributed by atoms with Gasteiger partial charge in [0.2, 0.25) is 5.91 Å². The van der Waals surface area contributed by atoms with Gasteiger partial charge in [0.15, 0.2) is 0 Å². The van der Waals surface area contributed by atoms with Crippen molar-refractivity contribution in [1.82, 2.24) is 9.78 Å². The SMILES string of the molecule is CN(Cc1cn(C)nc1C(F)F)c1cccc(C(N)=O)c1. The summed E-state index contributed by atoms with van der Waals surface area (Å²) in [4.78, 5) is 12.9. The lowest BCUT2D eigenvalue weighted by Crippen LogP contribution is -2.18. The van der Waals surface area contributed by atoms with Gasteiger partial charge in [-0.1, -0.05) is 6.07 Å². The fourth-order valence-electron chi connectivity index (χ4n) is 2.10. The monoisotopic (exact) mass is 294 g/mol. The van der Waals surface area contributed by atoms with Crippen LogP contribution in [0.4, 0.5) is 14.5 Å². The summed E-state index contributed by atoms with van der Waals surface area (Å²) in [6, 6.07) is 6.71. The van der Waals surface area contributed by atoms with E-state index in [1.807, 2.05) is 0 Å². The third-order valence-corrected chi connectivity index (χ3v) is 3.12. The van der Waals surface area contributed by atoms with E-state index in [0.29, 0.717) is 11.1 Å². The summed E-state index contributed by atoms with van der Waals surface area (Å²) >= 11 is 0. The maximum absolute atomic E-state index is 12.9. The number of carbonyl (C=O) groups excluding carboxylic acids is 1. The van der Waals surface area contributed by atoms with Gasteiger partial charge in [-0.15, -0.1) is 0 Å². The lowest BCUT2D eigenvalue weighted by atomic mass is 10.1. The molecule has 0 saturated carbocycles.